The van der Waals surface area contributed by atoms with Crippen molar-refractivity contribution in [3.05, 3.63) is 47.7 Å². The number of esters is 1. The molecule has 3 rings (SSSR count). The second kappa shape index (κ2) is 9.16. The van der Waals surface area contributed by atoms with Crippen molar-refractivity contribution in [3.63, 3.8) is 0 Å². The number of nitrogens with zero attached hydrogens (tertiary/aromatic N) is 3. The van der Waals surface area contributed by atoms with Crippen molar-refractivity contribution in [1.82, 2.24) is 14.5 Å². The molecule has 0 aliphatic carbocycles. The minimum absolute atomic E-state index is 0.181. The van der Waals surface area contributed by atoms with Crippen molar-refractivity contribution < 1.29 is 19.1 Å². The maximum absolute atomic E-state index is 12.6. The third kappa shape index (κ3) is 4.69. The number of aromatic nitrogens is 3. The zero-order chi connectivity index (χ0) is 20.8. The van der Waals surface area contributed by atoms with Crippen LogP contribution >= 0.6 is 0 Å². The van der Waals surface area contributed by atoms with Gasteiger partial charge in [-0.1, -0.05) is 6.07 Å². The number of ether oxygens (including phenoxy) is 2. The van der Waals surface area contributed by atoms with Gasteiger partial charge < -0.3 is 15.2 Å². The molecule has 0 fully saturated rings. The van der Waals surface area contributed by atoms with Crippen molar-refractivity contribution in [2.24, 2.45) is 0 Å². The minimum Gasteiger partial charge on any atom is -0.461 e. The molecule has 29 heavy (non-hydrogen) atoms. The van der Waals surface area contributed by atoms with Gasteiger partial charge in [0, 0.05) is 31.5 Å². The van der Waals surface area contributed by atoms with Gasteiger partial charge in [-0.05, 0) is 43.7 Å². The Morgan fingerprint density at radius 1 is 1.21 bits per heavy atom. The zero-order valence-corrected chi connectivity index (χ0v) is 16.3. The highest BCUT2D eigenvalue weighted by atomic mass is 16.5. The molecule has 0 spiro atoms. The number of benzene rings is 1. The van der Waals surface area contributed by atoms with Crippen LogP contribution in [0.2, 0.25) is 0 Å². The van der Waals surface area contributed by atoms with Gasteiger partial charge in [-0.2, -0.15) is 0 Å². The summed E-state index contributed by atoms with van der Waals surface area (Å²) in [4.78, 5) is 33.6. The summed E-state index contributed by atoms with van der Waals surface area (Å²) in [5.74, 6) is -0.521. The molecule has 3 N–H and O–H groups in total. The first-order chi connectivity index (χ1) is 14.0. The van der Waals surface area contributed by atoms with Gasteiger partial charge in [-0.3, -0.25) is 14.7 Å². The second-order valence-electron chi connectivity index (χ2n) is 6.27. The van der Waals surface area contributed by atoms with Gasteiger partial charge in [0.25, 0.3) is 5.91 Å². The summed E-state index contributed by atoms with van der Waals surface area (Å²) in [6.07, 6.45) is 0.675. The van der Waals surface area contributed by atoms with Crippen LogP contribution in [0.4, 0.5) is 11.6 Å². The fourth-order valence-electron chi connectivity index (χ4n) is 2.85. The Morgan fingerprint density at radius 2 is 2.03 bits per heavy atom. The van der Waals surface area contributed by atoms with Gasteiger partial charge >= 0.3 is 5.97 Å². The quantitative estimate of drug-likeness (QED) is 0.340. The van der Waals surface area contributed by atoms with E-state index in [4.69, 9.17) is 15.2 Å². The van der Waals surface area contributed by atoms with E-state index in [2.05, 4.69) is 15.3 Å². The van der Waals surface area contributed by atoms with Crippen molar-refractivity contribution in [1.29, 1.82) is 0 Å². The topological polar surface area (TPSA) is 121 Å². The predicted octanol–water partition coefficient (Wildman–Crippen LogP) is 2.48. The number of aryl methyl sites for hydroxylation is 1. The molecular formula is C20H23N5O4. The van der Waals surface area contributed by atoms with E-state index in [1.54, 1.807) is 55.0 Å². The van der Waals surface area contributed by atoms with E-state index in [9.17, 15) is 9.59 Å². The normalized spacial score (nSPS) is 10.8. The number of anilines is 2. The van der Waals surface area contributed by atoms with Crippen molar-refractivity contribution in [3.8, 4) is 0 Å². The number of nitrogens with one attached hydrogen (secondary N) is 1. The number of hydrogen-bond donors (Lipinski definition) is 2. The third-order valence-electron chi connectivity index (χ3n) is 4.18. The highest BCUT2D eigenvalue weighted by molar-refractivity contribution is 6.04. The molecule has 2 aromatic heterocycles. The van der Waals surface area contributed by atoms with Crippen molar-refractivity contribution in [2.75, 3.05) is 31.4 Å². The van der Waals surface area contributed by atoms with Crippen LogP contribution in [0, 0.1) is 0 Å². The number of amides is 1. The number of imidazole rings is 1. The van der Waals surface area contributed by atoms with Crippen LogP contribution in [0.3, 0.4) is 0 Å². The number of hydrogen-bond acceptors (Lipinski definition) is 7. The van der Waals surface area contributed by atoms with E-state index in [-0.39, 0.29) is 18.2 Å². The van der Waals surface area contributed by atoms with Crippen molar-refractivity contribution in [2.45, 2.75) is 19.9 Å². The van der Waals surface area contributed by atoms with Crippen LogP contribution in [0.5, 0.6) is 0 Å². The zero-order valence-electron chi connectivity index (χ0n) is 16.3. The van der Waals surface area contributed by atoms with Gasteiger partial charge in [0.2, 0.25) is 5.95 Å². The molecule has 0 bridgehead atoms. The SMILES string of the molecule is CCOC(=O)c1ccc2nc(NC(=O)c3cccc(N)c3)n(CCCOC)c2n1. The average Bonchev–Trinajstić information content (AvgIpc) is 3.04. The number of pyridine rings is 1. The lowest BCUT2D eigenvalue weighted by atomic mass is 10.2. The number of carbonyl (C=O) groups excluding carboxylic acids is 2. The summed E-state index contributed by atoms with van der Waals surface area (Å²) >= 11 is 0. The Bertz CT molecular complexity index is 1030. The Labute approximate surface area is 167 Å². The molecule has 0 radical (unpaired) electrons. The first-order valence-corrected chi connectivity index (χ1v) is 9.23. The molecule has 9 nitrogen and oxygen atoms in total. The predicted molar refractivity (Wildman–Crippen MR) is 109 cm³/mol. The van der Waals surface area contributed by atoms with Gasteiger partial charge in [0.15, 0.2) is 11.3 Å². The van der Waals surface area contributed by atoms with E-state index in [0.29, 0.717) is 47.9 Å². The number of carbonyl (C=O) groups is 2. The van der Waals surface area contributed by atoms with Gasteiger partial charge in [0.1, 0.15) is 5.52 Å². The molecule has 0 atom stereocenters. The summed E-state index contributed by atoms with van der Waals surface area (Å²) in [6.45, 7) is 3.01. The minimum atomic E-state index is -0.510. The van der Waals surface area contributed by atoms with E-state index in [1.165, 1.54) is 0 Å². The summed E-state index contributed by atoms with van der Waals surface area (Å²) in [5.41, 5.74) is 7.89. The lowest BCUT2D eigenvalue weighted by Gasteiger charge is -2.10. The molecule has 9 heteroatoms. The number of rotatable bonds is 8. The summed E-state index contributed by atoms with van der Waals surface area (Å²) in [7, 11) is 1.62. The fourth-order valence-corrected chi connectivity index (χ4v) is 2.85. The van der Waals surface area contributed by atoms with Gasteiger partial charge in [-0.25, -0.2) is 14.8 Å². The Morgan fingerprint density at radius 3 is 2.76 bits per heavy atom. The van der Waals surface area contributed by atoms with E-state index in [0.717, 1.165) is 0 Å². The standard InChI is InChI=1S/C20H23N5O4/c1-3-29-19(27)16-9-8-15-17(22-16)25(10-5-11-28-2)20(23-15)24-18(26)13-6-4-7-14(21)12-13/h4,6-9,12H,3,5,10-11,21H2,1-2H3,(H,23,24,26). The van der Waals surface area contributed by atoms with Crippen LogP contribution < -0.4 is 11.1 Å². The molecule has 0 aliphatic rings. The Kier molecular flexibility index (Phi) is 6.40. The first kappa shape index (κ1) is 20.3. The number of nitrogens with two attached hydrogens (primary N) is 1. The van der Waals surface area contributed by atoms with Crippen LogP contribution in [-0.2, 0) is 16.0 Å². The molecule has 2 heterocycles. The van der Waals surface area contributed by atoms with Crippen LogP contribution in [0.25, 0.3) is 11.2 Å². The Hall–Kier alpha value is -3.46. The molecule has 1 aromatic carbocycles. The summed E-state index contributed by atoms with van der Waals surface area (Å²) in [5, 5.41) is 2.80. The maximum atomic E-state index is 12.6. The lowest BCUT2D eigenvalue weighted by molar-refractivity contribution is 0.0519. The van der Waals surface area contributed by atoms with Crippen LogP contribution in [0.1, 0.15) is 34.2 Å². The third-order valence-corrected chi connectivity index (χ3v) is 4.18. The molecule has 152 valence electrons. The molecule has 0 aliphatic heterocycles. The van der Waals surface area contributed by atoms with E-state index >= 15 is 0 Å². The fraction of sp³-hybridized carbons (Fsp3) is 0.300. The summed E-state index contributed by atoms with van der Waals surface area (Å²) < 4.78 is 11.9. The number of fused-ring (bicyclic) bond motifs is 1. The number of methoxy groups -OCH3 is 1. The Balaban J connectivity index is 1.97. The molecular weight excluding hydrogens is 374 g/mol. The molecule has 0 unspecified atom stereocenters. The largest absolute Gasteiger partial charge is 0.461 e. The van der Waals surface area contributed by atoms with Crippen LogP contribution in [0.15, 0.2) is 36.4 Å². The van der Waals surface area contributed by atoms with E-state index in [1.807, 2.05) is 0 Å². The van der Waals surface area contributed by atoms with E-state index < -0.39 is 5.97 Å². The highest BCUT2D eigenvalue weighted by Gasteiger charge is 2.18. The molecule has 0 saturated carbocycles. The molecule has 1 amide bonds. The smallest absolute Gasteiger partial charge is 0.357 e. The monoisotopic (exact) mass is 397 g/mol. The first-order valence-electron chi connectivity index (χ1n) is 9.23. The second-order valence-corrected chi connectivity index (χ2v) is 6.27. The summed E-state index contributed by atoms with van der Waals surface area (Å²) in [6, 6.07) is 9.90. The van der Waals surface area contributed by atoms with Crippen molar-refractivity contribution >= 4 is 34.7 Å². The highest BCUT2D eigenvalue weighted by Crippen LogP contribution is 2.21. The van der Waals surface area contributed by atoms with Gasteiger partial charge in [0.05, 0.1) is 6.61 Å². The number of nitrogen functional groups attached to an aromatic ring is 1. The lowest BCUT2D eigenvalue weighted by Crippen LogP contribution is -2.17. The van der Waals surface area contributed by atoms with Crippen LogP contribution in [-0.4, -0.2) is 46.7 Å². The van der Waals surface area contributed by atoms with Gasteiger partial charge in [-0.15, -0.1) is 0 Å². The molecule has 0 saturated heterocycles. The average molecular weight is 397 g/mol. The maximum Gasteiger partial charge on any atom is 0.357 e. The molecule has 3 aromatic rings.